The van der Waals surface area contributed by atoms with Gasteiger partial charge in [0.1, 0.15) is 5.82 Å². The fourth-order valence-corrected chi connectivity index (χ4v) is 2.63. The smallest absolute Gasteiger partial charge is 0.146 e. The maximum Gasteiger partial charge on any atom is 0.146 e. The summed E-state index contributed by atoms with van der Waals surface area (Å²) in [6.45, 7) is 4.40. The molecule has 2 aromatic carbocycles. The van der Waals surface area contributed by atoms with Crippen LogP contribution in [0.25, 0.3) is 0 Å². The number of hydrogen-bond acceptors (Lipinski definition) is 2. The molecule has 0 saturated heterocycles. The van der Waals surface area contributed by atoms with E-state index in [1.807, 2.05) is 30.3 Å². The van der Waals surface area contributed by atoms with E-state index in [0.29, 0.717) is 11.7 Å². The summed E-state index contributed by atoms with van der Waals surface area (Å²) in [7, 11) is 0. The molecule has 1 fully saturated rings. The molecule has 1 aliphatic rings. The summed E-state index contributed by atoms with van der Waals surface area (Å²) >= 11 is 0. The summed E-state index contributed by atoms with van der Waals surface area (Å²) in [5.41, 5.74) is 3.04. The lowest BCUT2D eigenvalue weighted by molar-refractivity contribution is 0.615. The number of benzene rings is 2. The van der Waals surface area contributed by atoms with Crippen molar-refractivity contribution < 1.29 is 4.39 Å². The zero-order valence-electron chi connectivity index (χ0n) is 13.1. The second kappa shape index (κ2) is 6.93. The van der Waals surface area contributed by atoms with Gasteiger partial charge in [-0.15, -0.1) is 0 Å². The van der Waals surface area contributed by atoms with Crippen LogP contribution in [0.15, 0.2) is 48.5 Å². The molecule has 0 bridgehead atoms. The molecule has 3 heteroatoms. The van der Waals surface area contributed by atoms with E-state index in [2.05, 4.69) is 29.3 Å². The van der Waals surface area contributed by atoms with Crippen LogP contribution in [-0.2, 0) is 13.1 Å². The number of nitrogens with one attached hydrogen (secondary N) is 1. The van der Waals surface area contributed by atoms with E-state index in [-0.39, 0.29) is 5.82 Å². The predicted octanol–water partition coefficient (Wildman–Crippen LogP) is 4.10. The van der Waals surface area contributed by atoms with Crippen molar-refractivity contribution in [3.05, 3.63) is 65.5 Å². The fourth-order valence-electron chi connectivity index (χ4n) is 2.63. The Hall–Kier alpha value is -1.87. The molecule has 2 nitrogen and oxygen atoms in total. The molecule has 1 N–H and O–H groups in total. The first-order chi connectivity index (χ1) is 10.8. The Morgan fingerprint density at radius 3 is 2.55 bits per heavy atom. The van der Waals surface area contributed by atoms with Gasteiger partial charge in [-0.3, -0.25) is 0 Å². The lowest BCUT2D eigenvalue weighted by Gasteiger charge is -2.24. The zero-order chi connectivity index (χ0) is 15.4. The summed E-state index contributed by atoms with van der Waals surface area (Å²) in [5.74, 6) is -0.145. The summed E-state index contributed by atoms with van der Waals surface area (Å²) in [6.07, 6.45) is 2.53. The van der Waals surface area contributed by atoms with E-state index in [1.165, 1.54) is 18.4 Å². The zero-order valence-corrected chi connectivity index (χ0v) is 13.1. The molecule has 22 heavy (non-hydrogen) atoms. The highest BCUT2D eigenvalue weighted by Gasteiger charge is 2.20. The number of nitrogens with zero attached hydrogens (tertiary/aromatic N) is 1. The van der Waals surface area contributed by atoms with Crippen molar-refractivity contribution in [2.45, 2.75) is 38.9 Å². The largest absolute Gasteiger partial charge is 0.365 e. The van der Waals surface area contributed by atoms with Gasteiger partial charge in [0.25, 0.3) is 0 Å². The van der Waals surface area contributed by atoms with Crippen molar-refractivity contribution in [3.63, 3.8) is 0 Å². The van der Waals surface area contributed by atoms with E-state index in [1.54, 1.807) is 6.07 Å². The van der Waals surface area contributed by atoms with Gasteiger partial charge in [-0.2, -0.15) is 0 Å². The molecule has 0 heterocycles. The molecule has 1 saturated carbocycles. The predicted molar refractivity (Wildman–Crippen MR) is 89.4 cm³/mol. The molecule has 0 radical (unpaired) electrons. The third-order valence-corrected chi connectivity index (χ3v) is 4.12. The van der Waals surface area contributed by atoms with Crippen LogP contribution in [0.4, 0.5) is 10.1 Å². The topological polar surface area (TPSA) is 15.3 Å². The van der Waals surface area contributed by atoms with E-state index in [0.717, 1.165) is 25.2 Å². The van der Waals surface area contributed by atoms with Gasteiger partial charge in [-0.25, -0.2) is 4.39 Å². The van der Waals surface area contributed by atoms with Gasteiger partial charge in [0, 0.05) is 25.7 Å². The lowest BCUT2D eigenvalue weighted by atomic mass is 10.1. The van der Waals surface area contributed by atoms with Crippen LogP contribution >= 0.6 is 0 Å². The summed E-state index contributed by atoms with van der Waals surface area (Å²) in [4.78, 5) is 2.09. The fraction of sp³-hybridized carbons (Fsp3) is 0.368. The lowest BCUT2D eigenvalue weighted by Crippen LogP contribution is -2.23. The van der Waals surface area contributed by atoms with Crippen LogP contribution in [0.1, 0.15) is 30.9 Å². The van der Waals surface area contributed by atoms with Gasteiger partial charge in [-0.1, -0.05) is 36.4 Å². The van der Waals surface area contributed by atoms with E-state index < -0.39 is 0 Å². The quantitative estimate of drug-likeness (QED) is 0.827. The molecule has 0 unspecified atom stereocenters. The maximum absolute atomic E-state index is 14.3. The van der Waals surface area contributed by atoms with Gasteiger partial charge in [0.05, 0.1) is 5.69 Å². The maximum atomic E-state index is 14.3. The summed E-state index contributed by atoms with van der Waals surface area (Å²) in [6, 6.07) is 16.3. The Labute approximate surface area is 132 Å². The van der Waals surface area contributed by atoms with Gasteiger partial charge in [0.2, 0.25) is 0 Å². The highest BCUT2D eigenvalue weighted by atomic mass is 19.1. The third kappa shape index (κ3) is 3.86. The van der Waals surface area contributed by atoms with Crippen molar-refractivity contribution in [1.29, 1.82) is 0 Å². The second-order valence-electron chi connectivity index (χ2n) is 5.94. The van der Waals surface area contributed by atoms with Gasteiger partial charge >= 0.3 is 0 Å². The standard InChI is InChI=1S/C19H23FN2/c1-2-22(14-15-6-4-3-5-7-15)19-12-16(8-11-18(19)20)13-21-17-9-10-17/h3-8,11-12,17,21H,2,9-10,13-14H2,1H3. The highest BCUT2D eigenvalue weighted by Crippen LogP contribution is 2.24. The molecule has 2 aromatic rings. The average Bonchev–Trinajstić information content (AvgIpc) is 3.37. The number of rotatable bonds is 7. The Kier molecular flexibility index (Phi) is 4.74. The third-order valence-electron chi connectivity index (χ3n) is 4.12. The van der Waals surface area contributed by atoms with Crippen LogP contribution < -0.4 is 10.2 Å². The normalized spacial score (nSPS) is 14.1. The van der Waals surface area contributed by atoms with E-state index in [9.17, 15) is 4.39 Å². The molecule has 3 rings (SSSR count). The molecule has 0 aliphatic heterocycles. The first-order valence-corrected chi connectivity index (χ1v) is 8.07. The molecule has 0 spiro atoms. The number of halogens is 1. The van der Waals surface area contributed by atoms with Crippen molar-refractivity contribution in [1.82, 2.24) is 5.32 Å². The monoisotopic (exact) mass is 298 g/mol. The van der Waals surface area contributed by atoms with Crippen molar-refractivity contribution in [3.8, 4) is 0 Å². The molecule has 0 amide bonds. The van der Waals surface area contributed by atoms with Crippen LogP contribution in [0.5, 0.6) is 0 Å². The minimum Gasteiger partial charge on any atom is -0.365 e. The molecular weight excluding hydrogens is 275 g/mol. The number of anilines is 1. The Bertz CT molecular complexity index is 608. The second-order valence-corrected chi connectivity index (χ2v) is 5.94. The molecule has 1 aliphatic carbocycles. The molecule has 0 atom stereocenters. The Morgan fingerprint density at radius 1 is 1.09 bits per heavy atom. The summed E-state index contributed by atoms with van der Waals surface area (Å²) in [5, 5.41) is 3.49. The van der Waals surface area contributed by atoms with Crippen molar-refractivity contribution in [2.75, 3.05) is 11.4 Å². The summed E-state index contributed by atoms with van der Waals surface area (Å²) < 4.78 is 14.3. The highest BCUT2D eigenvalue weighted by molar-refractivity contribution is 5.50. The van der Waals surface area contributed by atoms with E-state index in [4.69, 9.17) is 0 Å². The minimum absolute atomic E-state index is 0.145. The Morgan fingerprint density at radius 2 is 1.86 bits per heavy atom. The first kappa shape index (κ1) is 15.0. The Balaban J connectivity index is 1.75. The minimum atomic E-state index is -0.145. The molecule has 116 valence electrons. The van der Waals surface area contributed by atoms with Crippen molar-refractivity contribution in [2.24, 2.45) is 0 Å². The van der Waals surface area contributed by atoms with Gasteiger partial charge < -0.3 is 10.2 Å². The molecular formula is C19H23FN2. The van der Waals surface area contributed by atoms with Crippen LogP contribution in [0.3, 0.4) is 0 Å². The van der Waals surface area contributed by atoms with Gasteiger partial charge in [-0.05, 0) is 43.0 Å². The van der Waals surface area contributed by atoms with Crippen molar-refractivity contribution >= 4 is 5.69 Å². The van der Waals surface area contributed by atoms with Crippen LogP contribution in [0.2, 0.25) is 0 Å². The molecule has 0 aromatic heterocycles. The van der Waals surface area contributed by atoms with Crippen LogP contribution in [-0.4, -0.2) is 12.6 Å². The SMILES string of the molecule is CCN(Cc1ccccc1)c1cc(CNC2CC2)ccc1F. The average molecular weight is 298 g/mol. The van der Waals surface area contributed by atoms with Gasteiger partial charge in [0.15, 0.2) is 0 Å². The van der Waals surface area contributed by atoms with Crippen LogP contribution in [0, 0.1) is 5.82 Å². The van der Waals surface area contributed by atoms with E-state index >= 15 is 0 Å². The number of hydrogen-bond donors (Lipinski definition) is 1. The first-order valence-electron chi connectivity index (χ1n) is 8.07.